The van der Waals surface area contributed by atoms with E-state index >= 15 is 0 Å². The first-order valence-corrected chi connectivity index (χ1v) is 7.31. The van der Waals surface area contributed by atoms with Gasteiger partial charge in [-0.2, -0.15) is 0 Å². The van der Waals surface area contributed by atoms with Crippen LogP contribution in [-0.2, 0) is 0 Å². The molecule has 0 spiro atoms. The largest absolute Gasteiger partial charge is 0.389 e. The summed E-state index contributed by atoms with van der Waals surface area (Å²) in [6, 6.07) is 6.56. The minimum atomic E-state index is 0.422. The number of nitrogens with zero attached hydrogens (tertiary/aromatic N) is 1. The number of hydrogen-bond acceptors (Lipinski definition) is 3. The van der Waals surface area contributed by atoms with Crippen LogP contribution in [0.5, 0.6) is 0 Å². The first-order valence-electron chi connectivity index (χ1n) is 6.10. The molecular formula is C13H18BrN3S. The van der Waals surface area contributed by atoms with Crippen molar-refractivity contribution in [1.29, 1.82) is 0 Å². The maximum Gasteiger partial charge on any atom is 0.105 e. The van der Waals surface area contributed by atoms with E-state index in [0.717, 1.165) is 22.3 Å². The van der Waals surface area contributed by atoms with E-state index in [-0.39, 0.29) is 0 Å². The van der Waals surface area contributed by atoms with Crippen LogP contribution in [0.25, 0.3) is 0 Å². The lowest BCUT2D eigenvalue weighted by Gasteiger charge is -2.31. The summed E-state index contributed by atoms with van der Waals surface area (Å²) >= 11 is 8.50. The second kappa shape index (κ2) is 5.99. The molecule has 0 aromatic heterocycles. The Bertz CT molecular complexity index is 450. The molecule has 1 aromatic carbocycles. The summed E-state index contributed by atoms with van der Waals surface area (Å²) < 4.78 is 0.948. The van der Waals surface area contributed by atoms with Gasteiger partial charge in [0.25, 0.3) is 0 Å². The quantitative estimate of drug-likeness (QED) is 0.837. The topological polar surface area (TPSA) is 41.3 Å². The van der Waals surface area contributed by atoms with Gasteiger partial charge in [0, 0.05) is 28.3 Å². The van der Waals surface area contributed by atoms with Crippen LogP contribution in [0.2, 0.25) is 0 Å². The fourth-order valence-corrected chi connectivity index (χ4v) is 3.23. The lowest BCUT2D eigenvalue weighted by molar-refractivity contribution is 0.261. The smallest absolute Gasteiger partial charge is 0.105 e. The fourth-order valence-electron chi connectivity index (χ4n) is 2.32. The molecule has 0 radical (unpaired) electrons. The van der Waals surface area contributed by atoms with Crippen molar-refractivity contribution < 1.29 is 0 Å². The number of hydrogen-bond donors (Lipinski definition) is 2. The van der Waals surface area contributed by atoms with Gasteiger partial charge in [-0.3, -0.25) is 0 Å². The average Bonchev–Trinajstić information content (AvgIpc) is 2.28. The third kappa shape index (κ3) is 3.43. The normalized spacial score (nSPS) is 20.7. The lowest BCUT2D eigenvalue weighted by atomic mass is 10.1. The van der Waals surface area contributed by atoms with Gasteiger partial charge >= 0.3 is 0 Å². The molecule has 1 heterocycles. The van der Waals surface area contributed by atoms with Gasteiger partial charge in [0.2, 0.25) is 0 Å². The minimum absolute atomic E-state index is 0.422. The molecule has 1 saturated heterocycles. The van der Waals surface area contributed by atoms with Gasteiger partial charge in [-0.1, -0.05) is 12.2 Å². The molecule has 1 aliphatic heterocycles. The molecule has 1 aromatic rings. The number of rotatable bonds is 3. The highest BCUT2D eigenvalue weighted by Gasteiger charge is 2.17. The molecular weight excluding hydrogens is 310 g/mol. The Labute approximate surface area is 122 Å². The van der Waals surface area contributed by atoms with Crippen molar-refractivity contribution in [2.24, 2.45) is 5.73 Å². The van der Waals surface area contributed by atoms with E-state index in [0.29, 0.717) is 11.0 Å². The molecule has 0 aliphatic carbocycles. The number of piperidine rings is 1. The predicted molar refractivity (Wildman–Crippen MR) is 84.2 cm³/mol. The molecule has 98 valence electrons. The summed E-state index contributed by atoms with van der Waals surface area (Å²) in [5, 5.41) is 3.56. The van der Waals surface area contributed by atoms with Gasteiger partial charge in [-0.25, -0.2) is 0 Å². The van der Waals surface area contributed by atoms with Gasteiger partial charge in [0.15, 0.2) is 0 Å². The highest BCUT2D eigenvalue weighted by Crippen LogP contribution is 2.23. The summed E-state index contributed by atoms with van der Waals surface area (Å²) in [6.07, 6.45) is 2.47. The summed E-state index contributed by atoms with van der Waals surface area (Å²) in [4.78, 5) is 2.78. The van der Waals surface area contributed by atoms with Crippen LogP contribution >= 0.6 is 28.1 Å². The van der Waals surface area contributed by atoms with Gasteiger partial charge in [-0.05, 0) is 60.6 Å². The molecule has 0 amide bonds. The predicted octanol–water partition coefficient (Wildman–Crippen LogP) is 2.59. The average molecular weight is 328 g/mol. The molecule has 18 heavy (non-hydrogen) atoms. The van der Waals surface area contributed by atoms with Crippen molar-refractivity contribution in [3.05, 3.63) is 28.2 Å². The third-order valence-electron chi connectivity index (χ3n) is 3.23. The van der Waals surface area contributed by atoms with Crippen LogP contribution in [0, 0.1) is 0 Å². The Balaban J connectivity index is 2.05. The summed E-state index contributed by atoms with van der Waals surface area (Å²) in [7, 11) is 2.17. The van der Waals surface area contributed by atoms with Gasteiger partial charge < -0.3 is 16.0 Å². The summed E-state index contributed by atoms with van der Waals surface area (Å²) in [6.45, 7) is 2.29. The highest BCUT2D eigenvalue weighted by molar-refractivity contribution is 9.10. The zero-order valence-corrected chi connectivity index (χ0v) is 12.9. The Morgan fingerprint density at radius 1 is 1.56 bits per heavy atom. The minimum Gasteiger partial charge on any atom is -0.389 e. The molecule has 1 unspecified atom stereocenters. The number of anilines is 1. The second-order valence-electron chi connectivity index (χ2n) is 4.80. The summed E-state index contributed by atoms with van der Waals surface area (Å²) in [5.41, 5.74) is 7.64. The molecule has 3 nitrogen and oxygen atoms in total. The van der Waals surface area contributed by atoms with E-state index in [4.69, 9.17) is 18.0 Å². The van der Waals surface area contributed by atoms with Crippen LogP contribution < -0.4 is 11.1 Å². The van der Waals surface area contributed by atoms with E-state index < -0.39 is 0 Å². The maximum absolute atomic E-state index is 5.64. The zero-order chi connectivity index (χ0) is 13.1. The van der Waals surface area contributed by atoms with E-state index in [2.05, 4.69) is 33.2 Å². The Kier molecular flexibility index (Phi) is 4.59. The number of likely N-dealkylation sites (tertiary alicyclic amines) is 1. The van der Waals surface area contributed by atoms with Crippen molar-refractivity contribution in [2.45, 2.75) is 18.9 Å². The van der Waals surface area contributed by atoms with Crippen LogP contribution in [0.1, 0.15) is 18.4 Å². The van der Waals surface area contributed by atoms with E-state index in [1.54, 1.807) is 0 Å². The van der Waals surface area contributed by atoms with Gasteiger partial charge in [0.05, 0.1) is 0 Å². The molecule has 2 rings (SSSR count). The first-order chi connectivity index (χ1) is 8.56. The van der Waals surface area contributed by atoms with Crippen molar-refractivity contribution in [3.63, 3.8) is 0 Å². The number of benzene rings is 1. The fraction of sp³-hybridized carbons (Fsp3) is 0.462. The van der Waals surface area contributed by atoms with Crippen molar-refractivity contribution in [3.8, 4) is 0 Å². The molecule has 0 bridgehead atoms. The van der Waals surface area contributed by atoms with Gasteiger partial charge in [-0.15, -0.1) is 0 Å². The number of likely N-dealkylation sites (N-methyl/N-ethyl adjacent to an activating group) is 1. The maximum atomic E-state index is 5.64. The second-order valence-corrected chi connectivity index (χ2v) is 6.10. The lowest BCUT2D eigenvalue weighted by Crippen LogP contribution is -2.39. The number of nitrogens with two attached hydrogens (primary N) is 1. The monoisotopic (exact) mass is 327 g/mol. The number of halogens is 1. The Hall–Kier alpha value is -0.650. The van der Waals surface area contributed by atoms with Crippen molar-refractivity contribution >= 4 is 38.8 Å². The molecule has 1 aliphatic rings. The highest BCUT2D eigenvalue weighted by atomic mass is 79.9. The first kappa shape index (κ1) is 13.8. The van der Waals surface area contributed by atoms with E-state index in [1.807, 2.05) is 18.2 Å². The van der Waals surface area contributed by atoms with Crippen LogP contribution in [0.15, 0.2) is 22.7 Å². The van der Waals surface area contributed by atoms with E-state index in [9.17, 15) is 0 Å². The Morgan fingerprint density at radius 2 is 2.33 bits per heavy atom. The van der Waals surface area contributed by atoms with Crippen LogP contribution in [-0.4, -0.2) is 36.1 Å². The standard InChI is InChI=1S/C13H18BrN3S/c1-17-6-2-3-10(8-17)16-9-4-5-11(13(15)18)12(14)7-9/h4-5,7,10,16H,2-3,6,8H2,1H3,(H2,15,18). The van der Waals surface area contributed by atoms with Crippen LogP contribution in [0.4, 0.5) is 5.69 Å². The number of nitrogens with one attached hydrogen (secondary N) is 1. The Morgan fingerprint density at radius 3 is 2.94 bits per heavy atom. The third-order valence-corrected chi connectivity index (χ3v) is 4.11. The molecule has 1 fully saturated rings. The van der Waals surface area contributed by atoms with Crippen molar-refractivity contribution in [2.75, 3.05) is 25.5 Å². The number of thiocarbonyl (C=S) groups is 1. The molecule has 3 N–H and O–H groups in total. The molecule has 5 heteroatoms. The summed E-state index contributed by atoms with van der Waals surface area (Å²) in [5.74, 6) is 0. The van der Waals surface area contributed by atoms with E-state index in [1.165, 1.54) is 19.4 Å². The molecule has 1 atom stereocenters. The molecule has 0 saturated carbocycles. The SMILES string of the molecule is CN1CCCC(Nc2ccc(C(N)=S)c(Br)c2)C1. The zero-order valence-electron chi connectivity index (χ0n) is 10.4. The van der Waals surface area contributed by atoms with Crippen molar-refractivity contribution in [1.82, 2.24) is 4.90 Å². The van der Waals surface area contributed by atoms with Crippen LogP contribution in [0.3, 0.4) is 0 Å². The van der Waals surface area contributed by atoms with Gasteiger partial charge in [0.1, 0.15) is 4.99 Å².